The number of allylic oxidation sites excluding steroid dienone is 4. The lowest BCUT2D eigenvalue weighted by atomic mass is 9.93. The Morgan fingerprint density at radius 1 is 1.25 bits per heavy atom. The van der Waals surface area contributed by atoms with Crippen LogP contribution >= 0.6 is 0 Å². The predicted molar refractivity (Wildman–Crippen MR) is 55.1 cm³/mol. The van der Waals surface area contributed by atoms with Gasteiger partial charge in [0, 0.05) is 0 Å². The van der Waals surface area contributed by atoms with E-state index >= 15 is 0 Å². The maximum atomic E-state index is 3.99. The summed E-state index contributed by atoms with van der Waals surface area (Å²) < 4.78 is 0. The van der Waals surface area contributed by atoms with Crippen molar-refractivity contribution in [3.63, 3.8) is 0 Å². The van der Waals surface area contributed by atoms with Gasteiger partial charge >= 0.3 is 0 Å². The van der Waals surface area contributed by atoms with Crippen molar-refractivity contribution in [3.8, 4) is 0 Å². The molecular formula is C12H18. The summed E-state index contributed by atoms with van der Waals surface area (Å²) >= 11 is 0. The molecule has 0 aromatic heterocycles. The minimum Gasteiger partial charge on any atom is -0.103 e. The molecule has 0 heteroatoms. The van der Waals surface area contributed by atoms with Gasteiger partial charge in [-0.25, -0.2) is 0 Å². The minimum atomic E-state index is 0.934. The number of hydrogen-bond acceptors (Lipinski definition) is 0. The Morgan fingerprint density at radius 2 is 1.92 bits per heavy atom. The molecule has 0 saturated heterocycles. The lowest BCUT2D eigenvalue weighted by Gasteiger charge is -2.13. The highest BCUT2D eigenvalue weighted by molar-refractivity contribution is 5.23. The van der Waals surface area contributed by atoms with Crippen LogP contribution in [0.15, 0.2) is 36.5 Å². The molecule has 1 fully saturated rings. The van der Waals surface area contributed by atoms with Crippen LogP contribution in [-0.2, 0) is 0 Å². The van der Waals surface area contributed by atoms with Gasteiger partial charge in [-0.15, -0.1) is 6.58 Å². The first-order valence-electron chi connectivity index (χ1n) is 4.81. The van der Waals surface area contributed by atoms with Crippen molar-refractivity contribution < 1.29 is 0 Å². The van der Waals surface area contributed by atoms with Crippen LogP contribution in [0.25, 0.3) is 0 Å². The maximum Gasteiger partial charge on any atom is -0.0106 e. The van der Waals surface area contributed by atoms with E-state index in [1.165, 1.54) is 37.7 Å². The quantitative estimate of drug-likeness (QED) is 0.550. The van der Waals surface area contributed by atoms with Gasteiger partial charge in [-0.1, -0.05) is 36.3 Å². The molecule has 1 rings (SSSR count). The Morgan fingerprint density at radius 3 is 2.50 bits per heavy atom. The van der Waals surface area contributed by atoms with E-state index in [1.54, 1.807) is 5.57 Å². The molecule has 0 radical (unpaired) electrons. The molecule has 1 aliphatic rings. The molecule has 0 aromatic rings. The van der Waals surface area contributed by atoms with Crippen molar-refractivity contribution in [2.45, 2.75) is 38.5 Å². The normalized spacial score (nSPS) is 17.2. The lowest BCUT2D eigenvalue weighted by Crippen LogP contribution is -1.93. The highest BCUT2D eigenvalue weighted by Gasteiger charge is 2.04. The SMILES string of the molecule is C=CCC(=C)C=C1CCCCC1. The summed E-state index contributed by atoms with van der Waals surface area (Å²) in [6.45, 7) is 7.69. The van der Waals surface area contributed by atoms with Crippen LogP contribution in [0.1, 0.15) is 38.5 Å². The van der Waals surface area contributed by atoms with Crippen LogP contribution < -0.4 is 0 Å². The fraction of sp³-hybridized carbons (Fsp3) is 0.500. The largest absolute Gasteiger partial charge is 0.103 e. The van der Waals surface area contributed by atoms with Gasteiger partial charge in [0.15, 0.2) is 0 Å². The highest BCUT2D eigenvalue weighted by atomic mass is 14.1. The molecule has 0 N–H and O–H groups in total. The third-order valence-corrected chi connectivity index (χ3v) is 2.31. The fourth-order valence-electron chi connectivity index (χ4n) is 1.68. The van der Waals surface area contributed by atoms with Crippen LogP contribution in [-0.4, -0.2) is 0 Å². The van der Waals surface area contributed by atoms with Crippen LogP contribution in [0.2, 0.25) is 0 Å². The van der Waals surface area contributed by atoms with Gasteiger partial charge in [-0.2, -0.15) is 0 Å². The molecule has 0 aromatic carbocycles. The molecular weight excluding hydrogens is 144 g/mol. The molecule has 0 nitrogen and oxygen atoms in total. The number of hydrogen-bond donors (Lipinski definition) is 0. The van der Waals surface area contributed by atoms with E-state index in [-0.39, 0.29) is 0 Å². The van der Waals surface area contributed by atoms with Crippen LogP contribution in [0.5, 0.6) is 0 Å². The van der Waals surface area contributed by atoms with E-state index in [2.05, 4.69) is 19.2 Å². The standard InChI is InChI=1S/C12H18/c1-3-7-11(2)10-12-8-5-4-6-9-12/h3,10H,1-2,4-9H2. The average Bonchev–Trinajstić information content (AvgIpc) is 2.06. The van der Waals surface area contributed by atoms with Crippen LogP contribution in [0.3, 0.4) is 0 Å². The Bertz CT molecular complexity index is 188. The molecule has 12 heavy (non-hydrogen) atoms. The minimum absolute atomic E-state index is 0.934. The van der Waals surface area contributed by atoms with Gasteiger partial charge in [0.1, 0.15) is 0 Å². The molecule has 66 valence electrons. The molecule has 0 amide bonds. The second-order valence-electron chi connectivity index (χ2n) is 3.51. The van der Waals surface area contributed by atoms with Gasteiger partial charge in [0.25, 0.3) is 0 Å². The van der Waals surface area contributed by atoms with Crippen molar-refractivity contribution in [2.24, 2.45) is 0 Å². The van der Waals surface area contributed by atoms with Gasteiger partial charge in [-0.3, -0.25) is 0 Å². The van der Waals surface area contributed by atoms with E-state index in [9.17, 15) is 0 Å². The van der Waals surface area contributed by atoms with Gasteiger partial charge in [0.05, 0.1) is 0 Å². The second kappa shape index (κ2) is 4.97. The van der Waals surface area contributed by atoms with Crippen molar-refractivity contribution in [1.29, 1.82) is 0 Å². The molecule has 0 unspecified atom stereocenters. The van der Waals surface area contributed by atoms with E-state index in [1.807, 2.05) is 6.08 Å². The van der Waals surface area contributed by atoms with Crippen LogP contribution in [0.4, 0.5) is 0 Å². The zero-order chi connectivity index (χ0) is 8.81. The molecule has 0 heterocycles. The summed E-state index contributed by atoms with van der Waals surface area (Å²) in [5, 5.41) is 0. The zero-order valence-electron chi connectivity index (χ0n) is 7.81. The molecule has 1 saturated carbocycles. The van der Waals surface area contributed by atoms with Gasteiger partial charge in [-0.05, 0) is 32.1 Å². The van der Waals surface area contributed by atoms with E-state index in [0.29, 0.717) is 0 Å². The zero-order valence-corrected chi connectivity index (χ0v) is 7.81. The first-order chi connectivity index (χ1) is 5.83. The Labute approximate surface area is 75.7 Å². The van der Waals surface area contributed by atoms with E-state index in [4.69, 9.17) is 0 Å². The summed E-state index contributed by atoms with van der Waals surface area (Å²) in [5.74, 6) is 0. The average molecular weight is 162 g/mol. The summed E-state index contributed by atoms with van der Waals surface area (Å²) in [4.78, 5) is 0. The molecule has 0 spiro atoms. The Kier molecular flexibility index (Phi) is 3.86. The Balaban J connectivity index is 2.42. The third-order valence-electron chi connectivity index (χ3n) is 2.31. The third kappa shape index (κ3) is 3.08. The lowest BCUT2D eigenvalue weighted by molar-refractivity contribution is 0.598. The monoisotopic (exact) mass is 162 g/mol. The van der Waals surface area contributed by atoms with Crippen molar-refractivity contribution in [2.75, 3.05) is 0 Å². The highest BCUT2D eigenvalue weighted by Crippen LogP contribution is 2.24. The van der Waals surface area contributed by atoms with Crippen molar-refractivity contribution in [3.05, 3.63) is 36.5 Å². The first kappa shape index (κ1) is 9.31. The molecule has 0 atom stereocenters. The summed E-state index contributed by atoms with van der Waals surface area (Å²) in [6, 6.07) is 0. The van der Waals surface area contributed by atoms with Gasteiger partial charge < -0.3 is 0 Å². The summed E-state index contributed by atoms with van der Waals surface area (Å²) in [7, 11) is 0. The van der Waals surface area contributed by atoms with Crippen molar-refractivity contribution in [1.82, 2.24) is 0 Å². The first-order valence-corrected chi connectivity index (χ1v) is 4.81. The molecule has 0 bridgehead atoms. The van der Waals surface area contributed by atoms with Crippen LogP contribution in [0, 0.1) is 0 Å². The van der Waals surface area contributed by atoms with E-state index in [0.717, 1.165) is 6.42 Å². The summed E-state index contributed by atoms with van der Waals surface area (Å²) in [6.07, 6.45) is 11.8. The maximum absolute atomic E-state index is 3.99. The number of rotatable bonds is 3. The predicted octanol–water partition coefficient (Wildman–Crippen LogP) is 4.01. The summed E-state index contributed by atoms with van der Waals surface area (Å²) in [5.41, 5.74) is 2.80. The topological polar surface area (TPSA) is 0 Å². The van der Waals surface area contributed by atoms with Crippen molar-refractivity contribution >= 4 is 0 Å². The van der Waals surface area contributed by atoms with E-state index < -0.39 is 0 Å². The molecule has 1 aliphatic carbocycles. The smallest absolute Gasteiger partial charge is 0.0106 e. The fourth-order valence-corrected chi connectivity index (χ4v) is 1.68. The molecule has 0 aliphatic heterocycles. The van der Waals surface area contributed by atoms with Gasteiger partial charge in [0.2, 0.25) is 0 Å². The Hall–Kier alpha value is -0.780. The second-order valence-corrected chi connectivity index (χ2v) is 3.51.